The Morgan fingerprint density at radius 2 is 1.86 bits per heavy atom. The monoisotopic (exact) mass is 316 g/mol. The van der Waals surface area contributed by atoms with Crippen LogP contribution in [-0.2, 0) is 0 Å². The number of nitrogens with zero attached hydrogens (tertiary/aromatic N) is 1. The topological polar surface area (TPSA) is 42.0 Å². The Labute approximate surface area is 129 Å². The second-order valence-corrected chi connectivity index (χ2v) is 5.34. The highest BCUT2D eigenvalue weighted by Crippen LogP contribution is 2.25. The van der Waals surface area contributed by atoms with Crippen molar-refractivity contribution in [2.75, 3.05) is 5.32 Å². The van der Waals surface area contributed by atoms with E-state index >= 15 is 0 Å². The van der Waals surface area contributed by atoms with Crippen LogP contribution in [-0.4, -0.2) is 10.9 Å². The van der Waals surface area contributed by atoms with Gasteiger partial charge in [-0.2, -0.15) is 0 Å². The van der Waals surface area contributed by atoms with Gasteiger partial charge in [0.25, 0.3) is 5.91 Å². The number of halogens is 2. The van der Waals surface area contributed by atoms with Crippen LogP contribution in [0, 0.1) is 11.6 Å². The molecule has 0 unspecified atom stereocenters. The Bertz CT molecular complexity index is 818. The number of hydrogen-bond acceptors (Lipinski definition) is 3. The molecule has 1 amide bonds. The van der Waals surface area contributed by atoms with Crippen molar-refractivity contribution in [1.82, 2.24) is 4.98 Å². The predicted molar refractivity (Wildman–Crippen MR) is 81.9 cm³/mol. The summed E-state index contributed by atoms with van der Waals surface area (Å²) in [6.07, 6.45) is 0. The Balaban J connectivity index is 1.81. The van der Waals surface area contributed by atoms with Gasteiger partial charge in [-0.15, -0.1) is 11.3 Å². The van der Waals surface area contributed by atoms with Crippen LogP contribution in [0.15, 0.2) is 53.9 Å². The molecule has 22 heavy (non-hydrogen) atoms. The zero-order valence-electron chi connectivity index (χ0n) is 11.2. The molecular formula is C16H10F2N2OS. The van der Waals surface area contributed by atoms with Gasteiger partial charge in [0.2, 0.25) is 0 Å². The van der Waals surface area contributed by atoms with Crippen LogP contribution in [0.3, 0.4) is 0 Å². The molecule has 0 aliphatic carbocycles. The van der Waals surface area contributed by atoms with Crippen LogP contribution in [0.1, 0.15) is 10.4 Å². The van der Waals surface area contributed by atoms with Gasteiger partial charge in [-0.05, 0) is 18.2 Å². The summed E-state index contributed by atoms with van der Waals surface area (Å²) in [6, 6.07) is 12.2. The molecule has 0 bridgehead atoms. The maximum atomic E-state index is 13.5. The molecule has 3 nitrogen and oxygen atoms in total. The Morgan fingerprint density at radius 3 is 2.64 bits per heavy atom. The van der Waals surface area contributed by atoms with E-state index in [0.29, 0.717) is 10.8 Å². The maximum Gasteiger partial charge on any atom is 0.260 e. The summed E-state index contributed by atoms with van der Waals surface area (Å²) in [4.78, 5) is 16.3. The molecule has 1 N–H and O–H groups in total. The van der Waals surface area contributed by atoms with Crippen molar-refractivity contribution in [2.24, 2.45) is 0 Å². The lowest BCUT2D eigenvalue weighted by molar-refractivity contribution is 0.102. The molecule has 0 atom stereocenters. The quantitative estimate of drug-likeness (QED) is 0.781. The largest absolute Gasteiger partial charge is 0.298 e. The van der Waals surface area contributed by atoms with Crippen molar-refractivity contribution in [3.63, 3.8) is 0 Å². The molecule has 0 saturated heterocycles. The molecule has 0 spiro atoms. The number of thiazole rings is 1. The summed E-state index contributed by atoms with van der Waals surface area (Å²) < 4.78 is 26.7. The third-order valence-corrected chi connectivity index (χ3v) is 3.72. The van der Waals surface area contributed by atoms with Gasteiger partial charge in [0.15, 0.2) is 5.13 Å². The van der Waals surface area contributed by atoms with Crippen LogP contribution >= 0.6 is 11.3 Å². The SMILES string of the molecule is O=C(Nc1nc(-c2ccccc2)cs1)c1cc(F)ccc1F. The molecule has 3 aromatic rings. The normalized spacial score (nSPS) is 10.5. The van der Waals surface area contributed by atoms with E-state index in [1.807, 2.05) is 30.3 Å². The Morgan fingerprint density at radius 1 is 1.09 bits per heavy atom. The smallest absolute Gasteiger partial charge is 0.260 e. The van der Waals surface area contributed by atoms with Gasteiger partial charge >= 0.3 is 0 Å². The van der Waals surface area contributed by atoms with Crippen LogP contribution in [0.4, 0.5) is 13.9 Å². The minimum atomic E-state index is -0.779. The Kier molecular flexibility index (Phi) is 3.93. The number of rotatable bonds is 3. The Hall–Kier alpha value is -2.60. The number of nitrogens with one attached hydrogen (secondary N) is 1. The fourth-order valence-corrected chi connectivity index (χ4v) is 2.62. The van der Waals surface area contributed by atoms with E-state index in [1.54, 1.807) is 5.38 Å². The first-order valence-corrected chi connectivity index (χ1v) is 7.29. The highest BCUT2D eigenvalue weighted by Gasteiger charge is 2.15. The highest BCUT2D eigenvalue weighted by atomic mass is 32.1. The van der Waals surface area contributed by atoms with Crippen molar-refractivity contribution in [3.05, 3.63) is 71.1 Å². The first-order valence-electron chi connectivity index (χ1n) is 6.41. The zero-order valence-corrected chi connectivity index (χ0v) is 12.0. The van der Waals surface area contributed by atoms with Crippen LogP contribution in [0.2, 0.25) is 0 Å². The van der Waals surface area contributed by atoms with Gasteiger partial charge in [0.05, 0.1) is 11.3 Å². The average molecular weight is 316 g/mol. The summed E-state index contributed by atoms with van der Waals surface area (Å²) >= 11 is 1.22. The predicted octanol–water partition coefficient (Wildman–Crippen LogP) is 4.34. The summed E-state index contributed by atoms with van der Waals surface area (Å²) in [5.74, 6) is -2.18. The first-order chi connectivity index (χ1) is 10.6. The molecule has 3 rings (SSSR count). The summed E-state index contributed by atoms with van der Waals surface area (Å²) in [5.41, 5.74) is 1.27. The van der Waals surface area contributed by atoms with E-state index in [1.165, 1.54) is 11.3 Å². The van der Waals surface area contributed by atoms with E-state index in [2.05, 4.69) is 10.3 Å². The molecule has 1 heterocycles. The van der Waals surface area contributed by atoms with Crippen molar-refractivity contribution in [3.8, 4) is 11.3 Å². The molecule has 0 aliphatic heterocycles. The van der Waals surface area contributed by atoms with Crippen molar-refractivity contribution in [1.29, 1.82) is 0 Å². The number of hydrogen-bond donors (Lipinski definition) is 1. The zero-order chi connectivity index (χ0) is 15.5. The molecule has 0 saturated carbocycles. The third-order valence-electron chi connectivity index (χ3n) is 2.97. The van der Waals surface area contributed by atoms with Crippen molar-refractivity contribution < 1.29 is 13.6 Å². The fraction of sp³-hybridized carbons (Fsp3) is 0. The van der Waals surface area contributed by atoms with E-state index in [-0.39, 0.29) is 5.56 Å². The highest BCUT2D eigenvalue weighted by molar-refractivity contribution is 7.14. The number of aromatic nitrogens is 1. The second kappa shape index (κ2) is 6.03. The van der Waals surface area contributed by atoms with Crippen molar-refractivity contribution >= 4 is 22.4 Å². The summed E-state index contributed by atoms with van der Waals surface area (Å²) in [5, 5.41) is 4.59. The second-order valence-electron chi connectivity index (χ2n) is 4.48. The molecule has 6 heteroatoms. The van der Waals surface area contributed by atoms with Gasteiger partial charge in [0.1, 0.15) is 11.6 Å². The minimum Gasteiger partial charge on any atom is -0.298 e. The number of carbonyl (C=O) groups excluding carboxylic acids is 1. The third kappa shape index (κ3) is 3.01. The van der Waals surface area contributed by atoms with Crippen LogP contribution in [0.25, 0.3) is 11.3 Å². The lowest BCUT2D eigenvalue weighted by atomic mass is 10.2. The van der Waals surface area contributed by atoms with Gasteiger partial charge in [0, 0.05) is 10.9 Å². The van der Waals surface area contributed by atoms with Crippen LogP contribution in [0.5, 0.6) is 0 Å². The summed E-state index contributed by atoms with van der Waals surface area (Å²) in [6.45, 7) is 0. The molecule has 0 fully saturated rings. The van der Waals surface area contributed by atoms with Gasteiger partial charge in [-0.3, -0.25) is 10.1 Å². The molecule has 110 valence electrons. The van der Waals surface area contributed by atoms with Gasteiger partial charge < -0.3 is 0 Å². The average Bonchev–Trinajstić information content (AvgIpc) is 2.99. The molecule has 2 aromatic carbocycles. The number of carbonyl (C=O) groups is 1. The van der Waals surface area contributed by atoms with Crippen molar-refractivity contribution in [2.45, 2.75) is 0 Å². The number of anilines is 1. The van der Waals surface area contributed by atoms with Gasteiger partial charge in [-0.25, -0.2) is 13.8 Å². The molecule has 1 aromatic heterocycles. The standard InChI is InChI=1S/C16H10F2N2OS/c17-11-6-7-13(18)12(8-11)15(21)20-16-19-14(9-22-16)10-4-2-1-3-5-10/h1-9H,(H,19,20,21). The van der Waals surface area contributed by atoms with E-state index in [4.69, 9.17) is 0 Å². The molecule has 0 aliphatic rings. The molecular weight excluding hydrogens is 306 g/mol. The molecule has 0 radical (unpaired) electrons. The lowest BCUT2D eigenvalue weighted by Gasteiger charge is -2.03. The first kappa shape index (κ1) is 14.3. The summed E-state index contributed by atoms with van der Waals surface area (Å²) in [7, 11) is 0. The minimum absolute atomic E-state index is 0.326. The van der Waals surface area contributed by atoms with E-state index in [0.717, 1.165) is 23.8 Å². The van der Waals surface area contributed by atoms with E-state index < -0.39 is 17.5 Å². The lowest BCUT2D eigenvalue weighted by Crippen LogP contribution is -2.13. The number of amides is 1. The van der Waals surface area contributed by atoms with E-state index in [9.17, 15) is 13.6 Å². The maximum absolute atomic E-state index is 13.5. The fourth-order valence-electron chi connectivity index (χ4n) is 1.91. The number of benzene rings is 2. The van der Waals surface area contributed by atoms with Gasteiger partial charge in [-0.1, -0.05) is 30.3 Å². The van der Waals surface area contributed by atoms with Crippen LogP contribution < -0.4 is 5.32 Å².